The summed E-state index contributed by atoms with van der Waals surface area (Å²) >= 11 is 1.57. The maximum absolute atomic E-state index is 12.9. The second kappa shape index (κ2) is 8.54. The average molecular weight is 408 g/mol. The van der Waals surface area contributed by atoms with E-state index in [0.29, 0.717) is 33.6 Å². The molecule has 0 bridgehead atoms. The number of amides is 1. The fourth-order valence-corrected chi connectivity index (χ4v) is 6.01. The third kappa shape index (κ3) is 4.77. The van der Waals surface area contributed by atoms with Crippen molar-refractivity contribution in [2.45, 2.75) is 77.9 Å². The molecule has 2 aliphatic carbocycles. The van der Waals surface area contributed by atoms with Gasteiger partial charge in [-0.05, 0) is 70.3 Å². The Morgan fingerprint density at radius 2 is 1.89 bits per heavy atom. The van der Waals surface area contributed by atoms with Crippen LogP contribution in [0.3, 0.4) is 0 Å². The third-order valence-corrected chi connectivity index (χ3v) is 7.35. The van der Waals surface area contributed by atoms with Crippen molar-refractivity contribution in [2.75, 3.05) is 26.0 Å². The number of thiophene rings is 1. The van der Waals surface area contributed by atoms with Crippen molar-refractivity contribution in [2.24, 2.45) is 5.92 Å². The minimum atomic E-state index is -0.304. The van der Waals surface area contributed by atoms with E-state index in [9.17, 15) is 9.59 Å². The molecular weight excluding hydrogens is 372 g/mol. The summed E-state index contributed by atoms with van der Waals surface area (Å²) < 4.78 is 6.21. The lowest BCUT2D eigenvalue weighted by molar-refractivity contribution is -0.906. The number of anilines is 1. The minimum absolute atomic E-state index is 0.0119. The molecule has 6 heteroatoms. The van der Waals surface area contributed by atoms with Crippen LogP contribution < -0.4 is 5.32 Å². The predicted molar refractivity (Wildman–Crippen MR) is 114 cm³/mol. The van der Waals surface area contributed by atoms with Crippen LogP contribution in [0.2, 0.25) is 0 Å². The van der Waals surface area contributed by atoms with E-state index in [4.69, 9.17) is 4.74 Å². The van der Waals surface area contributed by atoms with Crippen LogP contribution in [0.1, 0.15) is 73.7 Å². The summed E-state index contributed by atoms with van der Waals surface area (Å²) in [4.78, 5) is 26.9. The molecule has 1 heterocycles. The molecule has 1 atom stereocenters. The highest BCUT2D eigenvalue weighted by Crippen LogP contribution is 2.40. The number of ether oxygens (including phenoxy) is 1. The maximum atomic E-state index is 12.9. The first-order chi connectivity index (χ1) is 13.2. The second-order valence-corrected chi connectivity index (χ2v) is 10.5. The van der Waals surface area contributed by atoms with E-state index in [2.05, 4.69) is 26.3 Å². The normalized spacial score (nSPS) is 20.3. The van der Waals surface area contributed by atoms with Crippen LogP contribution in [0.15, 0.2) is 0 Å². The first-order valence-corrected chi connectivity index (χ1v) is 11.5. The quantitative estimate of drug-likeness (QED) is 0.562. The van der Waals surface area contributed by atoms with Gasteiger partial charge in [-0.25, -0.2) is 4.79 Å². The van der Waals surface area contributed by atoms with Crippen LogP contribution in [0.25, 0.3) is 0 Å². The molecule has 28 heavy (non-hydrogen) atoms. The van der Waals surface area contributed by atoms with E-state index in [0.717, 1.165) is 24.8 Å². The van der Waals surface area contributed by atoms with Gasteiger partial charge in [0.2, 0.25) is 0 Å². The predicted octanol–water partition coefficient (Wildman–Crippen LogP) is 4.40. The van der Waals surface area contributed by atoms with Gasteiger partial charge in [-0.3, -0.25) is 4.79 Å². The number of carbonyl (C=O) groups is 2. The molecule has 0 aromatic carbocycles. The number of fused-ring (bicyclic) bond motifs is 1. The zero-order valence-corrected chi connectivity index (χ0v) is 18.8. The number of hydrogen-bond acceptors (Lipinski definition) is 4. The molecular formula is C22H35N2O3S+. The Hall–Kier alpha value is -1.40. The highest BCUT2D eigenvalue weighted by atomic mass is 32.1. The topological polar surface area (TPSA) is 55.4 Å². The summed E-state index contributed by atoms with van der Waals surface area (Å²) in [7, 11) is 4.29. The summed E-state index contributed by atoms with van der Waals surface area (Å²) in [5.74, 6) is 0.297. The Bertz CT molecular complexity index is 732. The minimum Gasteiger partial charge on any atom is -0.459 e. The summed E-state index contributed by atoms with van der Waals surface area (Å²) in [6, 6.07) is 0.550. The standard InChI is InChI=1S/C22H34N2O3S/c1-14(2)27-22(26)20-17-11-10-15(3)12-18(17)28-21(20)23-19(25)13-24(4,5)16-8-6-7-9-16/h14-16H,6-13H2,1-5H3/p+1/t15-/m0/s1. The monoisotopic (exact) mass is 407 g/mol. The van der Waals surface area contributed by atoms with Crippen molar-refractivity contribution in [1.29, 1.82) is 0 Å². The Morgan fingerprint density at radius 1 is 1.21 bits per heavy atom. The van der Waals surface area contributed by atoms with Crippen molar-refractivity contribution in [3.63, 3.8) is 0 Å². The number of nitrogens with one attached hydrogen (secondary N) is 1. The van der Waals surface area contributed by atoms with Crippen LogP contribution in [-0.4, -0.2) is 49.1 Å². The van der Waals surface area contributed by atoms with Gasteiger partial charge in [0, 0.05) is 4.88 Å². The lowest BCUT2D eigenvalue weighted by Crippen LogP contribution is -2.51. The molecule has 0 aliphatic heterocycles. The van der Waals surface area contributed by atoms with Gasteiger partial charge < -0.3 is 14.5 Å². The molecule has 2 aliphatic rings. The number of quaternary nitrogens is 1. The van der Waals surface area contributed by atoms with Crippen molar-refractivity contribution in [3.05, 3.63) is 16.0 Å². The molecule has 0 spiro atoms. The van der Waals surface area contributed by atoms with E-state index in [1.165, 1.54) is 30.6 Å². The van der Waals surface area contributed by atoms with Crippen LogP contribution >= 0.6 is 11.3 Å². The van der Waals surface area contributed by atoms with Crippen molar-refractivity contribution in [3.8, 4) is 0 Å². The van der Waals surface area contributed by atoms with Gasteiger partial charge in [-0.2, -0.15) is 0 Å². The highest BCUT2D eigenvalue weighted by molar-refractivity contribution is 7.17. The molecule has 1 amide bonds. The molecule has 0 radical (unpaired) electrons. The zero-order valence-electron chi connectivity index (χ0n) is 18.0. The summed E-state index contributed by atoms with van der Waals surface area (Å²) in [5, 5.41) is 3.76. The Morgan fingerprint density at radius 3 is 2.54 bits per heavy atom. The van der Waals surface area contributed by atoms with Crippen LogP contribution in [0.5, 0.6) is 0 Å². The lowest BCUT2D eigenvalue weighted by Gasteiger charge is -2.35. The molecule has 1 aromatic heterocycles. The smallest absolute Gasteiger partial charge is 0.341 e. The van der Waals surface area contributed by atoms with Crippen molar-refractivity contribution >= 4 is 28.2 Å². The summed E-state index contributed by atoms with van der Waals surface area (Å²) in [5.41, 5.74) is 1.69. The van der Waals surface area contributed by atoms with Gasteiger partial charge in [0.15, 0.2) is 6.54 Å². The van der Waals surface area contributed by atoms with Gasteiger partial charge in [0.05, 0.1) is 31.8 Å². The van der Waals surface area contributed by atoms with Crippen molar-refractivity contribution < 1.29 is 18.8 Å². The van der Waals surface area contributed by atoms with Gasteiger partial charge >= 0.3 is 5.97 Å². The SMILES string of the molecule is CC(C)OC(=O)c1c(NC(=O)C[N+](C)(C)C2CCCC2)sc2c1CC[C@H](C)C2. The lowest BCUT2D eigenvalue weighted by atomic mass is 9.88. The van der Waals surface area contributed by atoms with E-state index < -0.39 is 0 Å². The Balaban J connectivity index is 1.80. The van der Waals surface area contributed by atoms with E-state index >= 15 is 0 Å². The number of carbonyl (C=O) groups excluding carboxylic acids is 2. The van der Waals surface area contributed by atoms with Crippen LogP contribution in [0, 0.1) is 5.92 Å². The van der Waals surface area contributed by atoms with Gasteiger partial charge in [0.25, 0.3) is 5.91 Å². The van der Waals surface area contributed by atoms with Crippen molar-refractivity contribution in [1.82, 2.24) is 0 Å². The number of likely N-dealkylation sites (N-methyl/N-ethyl adjacent to an activating group) is 1. The third-order valence-electron chi connectivity index (χ3n) is 6.18. The van der Waals surface area contributed by atoms with Gasteiger partial charge in [0.1, 0.15) is 5.00 Å². The fourth-order valence-electron chi connectivity index (χ4n) is 4.60. The molecule has 0 saturated heterocycles. The Labute approximate surface area is 173 Å². The molecule has 3 rings (SSSR count). The first kappa shape index (κ1) is 21.3. The molecule has 156 valence electrons. The second-order valence-electron chi connectivity index (χ2n) is 9.43. The number of rotatable bonds is 6. The molecule has 5 nitrogen and oxygen atoms in total. The molecule has 1 N–H and O–H groups in total. The van der Waals surface area contributed by atoms with Crippen LogP contribution in [-0.2, 0) is 22.4 Å². The van der Waals surface area contributed by atoms with E-state index in [1.807, 2.05) is 13.8 Å². The summed E-state index contributed by atoms with van der Waals surface area (Å²) in [6.45, 7) is 6.40. The highest BCUT2D eigenvalue weighted by Gasteiger charge is 2.34. The van der Waals surface area contributed by atoms with E-state index in [-0.39, 0.29) is 18.0 Å². The number of esters is 1. The van der Waals surface area contributed by atoms with Gasteiger partial charge in [-0.15, -0.1) is 11.3 Å². The molecule has 1 fully saturated rings. The largest absolute Gasteiger partial charge is 0.459 e. The maximum Gasteiger partial charge on any atom is 0.341 e. The molecule has 1 aromatic rings. The number of nitrogens with zero attached hydrogens (tertiary/aromatic N) is 1. The number of hydrogen-bond donors (Lipinski definition) is 1. The summed E-state index contributed by atoms with van der Waals surface area (Å²) in [6.07, 6.45) is 7.66. The van der Waals surface area contributed by atoms with E-state index in [1.54, 1.807) is 11.3 Å². The first-order valence-electron chi connectivity index (χ1n) is 10.7. The van der Waals surface area contributed by atoms with Crippen LogP contribution in [0.4, 0.5) is 5.00 Å². The van der Waals surface area contributed by atoms with Gasteiger partial charge in [-0.1, -0.05) is 6.92 Å². The fraction of sp³-hybridized carbons (Fsp3) is 0.727. The Kier molecular flexibility index (Phi) is 6.50. The molecule has 0 unspecified atom stereocenters. The molecule has 1 saturated carbocycles. The average Bonchev–Trinajstić information content (AvgIpc) is 3.20. The zero-order chi connectivity index (χ0) is 20.5.